The van der Waals surface area contributed by atoms with Gasteiger partial charge in [-0.3, -0.25) is 4.79 Å². The molecule has 5 nitrogen and oxygen atoms in total. The van der Waals surface area contributed by atoms with E-state index in [1.54, 1.807) is 30.3 Å². The summed E-state index contributed by atoms with van der Waals surface area (Å²) in [4.78, 5) is 19.1. The van der Waals surface area contributed by atoms with E-state index >= 15 is 0 Å². The highest BCUT2D eigenvalue weighted by atomic mass is 16.5. The Morgan fingerprint density at radius 3 is 2.67 bits per heavy atom. The van der Waals surface area contributed by atoms with E-state index in [0.29, 0.717) is 23.7 Å². The molecule has 0 aliphatic rings. The number of ether oxygens (including phenoxy) is 1. The van der Waals surface area contributed by atoms with Crippen LogP contribution in [0.5, 0.6) is 5.75 Å². The molecule has 0 atom stereocenters. The van der Waals surface area contributed by atoms with Crippen molar-refractivity contribution in [2.45, 2.75) is 13.8 Å². The van der Waals surface area contributed by atoms with E-state index in [1.165, 1.54) is 0 Å². The molecule has 2 aromatic carbocycles. The maximum Gasteiger partial charge on any atom is 0.258 e. The van der Waals surface area contributed by atoms with Crippen molar-refractivity contribution in [3.05, 3.63) is 78.0 Å². The monoisotopic (exact) mass is 361 g/mol. The summed E-state index contributed by atoms with van der Waals surface area (Å²) >= 11 is 0. The molecule has 0 saturated carbocycles. The zero-order chi connectivity index (χ0) is 19.2. The molecule has 1 aromatic heterocycles. The number of carbonyl (C=O) groups excluding carboxylic acids is 1. The van der Waals surface area contributed by atoms with Crippen molar-refractivity contribution in [3.8, 4) is 5.75 Å². The first-order valence-electron chi connectivity index (χ1n) is 8.87. The van der Waals surface area contributed by atoms with Crippen molar-refractivity contribution in [1.82, 2.24) is 4.98 Å². The first kappa shape index (κ1) is 18.5. The highest BCUT2D eigenvalue weighted by molar-refractivity contribution is 6.06. The van der Waals surface area contributed by atoms with Gasteiger partial charge in [-0.15, -0.1) is 0 Å². The number of methoxy groups -OCH3 is 1. The fourth-order valence-corrected chi connectivity index (χ4v) is 2.91. The number of carbonyl (C=O) groups is 1. The van der Waals surface area contributed by atoms with Gasteiger partial charge in [0.1, 0.15) is 11.6 Å². The average Bonchev–Trinajstić information content (AvgIpc) is 2.69. The number of hydrogen-bond acceptors (Lipinski definition) is 4. The van der Waals surface area contributed by atoms with Gasteiger partial charge in [0.15, 0.2) is 0 Å². The molecule has 0 aliphatic heterocycles. The Labute approximate surface area is 159 Å². The van der Waals surface area contributed by atoms with Gasteiger partial charge in [-0.2, -0.15) is 0 Å². The molecule has 1 heterocycles. The fourth-order valence-electron chi connectivity index (χ4n) is 2.91. The van der Waals surface area contributed by atoms with E-state index in [0.717, 1.165) is 16.9 Å². The molecule has 3 rings (SSSR count). The molecule has 0 fully saturated rings. The molecule has 0 bridgehead atoms. The van der Waals surface area contributed by atoms with Gasteiger partial charge in [0.2, 0.25) is 0 Å². The van der Waals surface area contributed by atoms with E-state index in [-0.39, 0.29) is 5.91 Å². The molecule has 0 unspecified atom stereocenters. The fraction of sp³-hybridized carbons (Fsp3) is 0.182. The molecule has 1 amide bonds. The Balaban J connectivity index is 1.87. The number of benzene rings is 2. The first-order valence-corrected chi connectivity index (χ1v) is 8.87. The Morgan fingerprint density at radius 2 is 1.93 bits per heavy atom. The van der Waals surface area contributed by atoms with Gasteiger partial charge in [0, 0.05) is 24.0 Å². The zero-order valence-electron chi connectivity index (χ0n) is 15.8. The highest BCUT2D eigenvalue weighted by Gasteiger charge is 2.17. The maximum atomic E-state index is 13.1. The lowest BCUT2D eigenvalue weighted by atomic mass is 10.1. The second-order valence-electron chi connectivity index (χ2n) is 6.14. The lowest BCUT2D eigenvalue weighted by Crippen LogP contribution is -2.30. The Kier molecular flexibility index (Phi) is 5.71. The van der Waals surface area contributed by atoms with E-state index in [1.807, 2.05) is 62.4 Å². The van der Waals surface area contributed by atoms with Crippen molar-refractivity contribution in [2.24, 2.45) is 0 Å². The molecule has 5 heteroatoms. The van der Waals surface area contributed by atoms with Gasteiger partial charge >= 0.3 is 0 Å². The third-order valence-electron chi connectivity index (χ3n) is 4.25. The second-order valence-corrected chi connectivity index (χ2v) is 6.14. The van der Waals surface area contributed by atoms with Crippen LogP contribution >= 0.6 is 0 Å². The highest BCUT2D eigenvalue weighted by Crippen LogP contribution is 2.27. The van der Waals surface area contributed by atoms with Gasteiger partial charge in [0.25, 0.3) is 5.91 Å². The van der Waals surface area contributed by atoms with Crippen LogP contribution < -0.4 is 15.0 Å². The molecule has 138 valence electrons. The number of anilines is 3. The van der Waals surface area contributed by atoms with E-state index in [9.17, 15) is 4.79 Å². The summed E-state index contributed by atoms with van der Waals surface area (Å²) in [5, 5.41) is 3.22. The normalized spacial score (nSPS) is 10.3. The largest absolute Gasteiger partial charge is 0.495 e. The predicted molar refractivity (Wildman–Crippen MR) is 109 cm³/mol. The summed E-state index contributed by atoms with van der Waals surface area (Å²) in [5.41, 5.74) is 3.37. The van der Waals surface area contributed by atoms with Crippen molar-refractivity contribution >= 4 is 23.1 Å². The van der Waals surface area contributed by atoms with E-state index in [4.69, 9.17) is 4.74 Å². The number of rotatable bonds is 6. The standard InChI is InChI=1S/C22H23N3O2/c1-4-25(18-9-7-8-16(2)14-18)22(26)17-12-13-23-21(15-17)24-19-10-5-6-11-20(19)27-3/h5-15H,4H2,1-3H3,(H,23,24). The summed E-state index contributed by atoms with van der Waals surface area (Å²) in [7, 11) is 1.62. The Hall–Kier alpha value is -3.34. The molecule has 0 saturated heterocycles. The van der Waals surface area contributed by atoms with E-state index in [2.05, 4.69) is 10.3 Å². The summed E-state index contributed by atoms with van der Waals surface area (Å²) in [6.45, 7) is 4.57. The number of nitrogens with zero attached hydrogens (tertiary/aromatic N) is 2. The number of amides is 1. The van der Waals surface area contributed by atoms with Crippen LogP contribution in [0, 0.1) is 6.92 Å². The van der Waals surface area contributed by atoms with Gasteiger partial charge < -0.3 is 15.0 Å². The minimum Gasteiger partial charge on any atom is -0.495 e. The molecule has 0 spiro atoms. The molecule has 3 aromatic rings. The Bertz CT molecular complexity index is 940. The SMILES string of the molecule is CCN(C(=O)c1ccnc(Nc2ccccc2OC)c1)c1cccc(C)c1. The third-order valence-corrected chi connectivity index (χ3v) is 4.25. The molecule has 0 radical (unpaired) electrons. The number of nitrogens with one attached hydrogen (secondary N) is 1. The van der Waals surface area contributed by atoms with Crippen LogP contribution in [0.1, 0.15) is 22.8 Å². The smallest absolute Gasteiger partial charge is 0.258 e. The zero-order valence-corrected chi connectivity index (χ0v) is 15.8. The summed E-state index contributed by atoms with van der Waals surface area (Å²) in [6.07, 6.45) is 1.63. The third kappa shape index (κ3) is 4.26. The Morgan fingerprint density at radius 1 is 1.11 bits per heavy atom. The van der Waals surface area contributed by atoms with Crippen molar-refractivity contribution in [1.29, 1.82) is 0 Å². The minimum atomic E-state index is -0.0615. The van der Waals surface area contributed by atoms with Crippen molar-refractivity contribution < 1.29 is 9.53 Å². The first-order chi connectivity index (χ1) is 13.1. The van der Waals surface area contributed by atoms with Gasteiger partial charge in [-0.1, -0.05) is 24.3 Å². The lowest BCUT2D eigenvalue weighted by molar-refractivity contribution is 0.0988. The van der Waals surface area contributed by atoms with E-state index < -0.39 is 0 Å². The van der Waals surface area contributed by atoms with Crippen LogP contribution in [0.25, 0.3) is 0 Å². The molecule has 0 aliphatic carbocycles. The molecule has 1 N–H and O–H groups in total. The predicted octanol–water partition coefficient (Wildman–Crippen LogP) is 4.81. The maximum absolute atomic E-state index is 13.1. The lowest BCUT2D eigenvalue weighted by Gasteiger charge is -2.22. The van der Waals surface area contributed by atoms with Crippen LogP contribution in [0.2, 0.25) is 0 Å². The quantitative estimate of drug-likeness (QED) is 0.685. The van der Waals surface area contributed by atoms with Crippen molar-refractivity contribution in [2.75, 3.05) is 23.9 Å². The number of aryl methyl sites for hydroxylation is 1. The number of hydrogen-bond donors (Lipinski definition) is 1. The van der Waals surface area contributed by atoms with Crippen LogP contribution in [0.4, 0.5) is 17.2 Å². The number of pyridine rings is 1. The number of aromatic nitrogens is 1. The van der Waals surface area contributed by atoms with Gasteiger partial charge in [-0.05, 0) is 55.8 Å². The number of para-hydroxylation sites is 2. The summed E-state index contributed by atoms with van der Waals surface area (Å²) < 4.78 is 5.35. The molecule has 27 heavy (non-hydrogen) atoms. The average molecular weight is 361 g/mol. The summed E-state index contributed by atoms with van der Waals surface area (Å²) in [5.74, 6) is 1.24. The van der Waals surface area contributed by atoms with Crippen LogP contribution in [-0.2, 0) is 0 Å². The second kappa shape index (κ2) is 8.36. The van der Waals surface area contributed by atoms with Gasteiger partial charge in [0.05, 0.1) is 12.8 Å². The molecular weight excluding hydrogens is 338 g/mol. The van der Waals surface area contributed by atoms with Crippen LogP contribution in [0.3, 0.4) is 0 Å². The van der Waals surface area contributed by atoms with Crippen LogP contribution in [-0.4, -0.2) is 24.5 Å². The summed E-state index contributed by atoms with van der Waals surface area (Å²) in [6, 6.07) is 19.0. The van der Waals surface area contributed by atoms with Gasteiger partial charge in [-0.25, -0.2) is 4.98 Å². The van der Waals surface area contributed by atoms with Crippen LogP contribution in [0.15, 0.2) is 66.9 Å². The minimum absolute atomic E-state index is 0.0615. The van der Waals surface area contributed by atoms with Crippen molar-refractivity contribution in [3.63, 3.8) is 0 Å². The topological polar surface area (TPSA) is 54.5 Å². The molecular formula is C22H23N3O2.